The first-order chi connectivity index (χ1) is 10.8. The van der Waals surface area contributed by atoms with E-state index in [4.69, 9.17) is 4.74 Å². The molecule has 22 heavy (non-hydrogen) atoms. The molecular formula is C15H15BrN4OS. The molecule has 2 aromatic heterocycles. The third-order valence-corrected chi connectivity index (χ3v) is 4.74. The van der Waals surface area contributed by atoms with E-state index >= 15 is 0 Å². The monoisotopic (exact) mass is 378 g/mol. The molecule has 3 heterocycles. The van der Waals surface area contributed by atoms with Crippen LogP contribution in [0.25, 0.3) is 0 Å². The van der Waals surface area contributed by atoms with Crippen molar-refractivity contribution >= 4 is 33.1 Å². The van der Waals surface area contributed by atoms with Crippen molar-refractivity contribution in [1.82, 2.24) is 9.97 Å². The number of ether oxygens (including phenoxy) is 1. The van der Waals surface area contributed by atoms with Crippen molar-refractivity contribution in [2.45, 2.75) is 12.8 Å². The molecule has 114 valence electrons. The molecule has 5 nitrogen and oxygen atoms in total. The Morgan fingerprint density at radius 1 is 1.50 bits per heavy atom. The molecule has 0 aliphatic carbocycles. The summed E-state index contributed by atoms with van der Waals surface area (Å²) in [5.74, 6) is 1.19. The third kappa shape index (κ3) is 3.57. The summed E-state index contributed by atoms with van der Waals surface area (Å²) in [6.45, 7) is 2.44. The maximum atomic E-state index is 9.30. The van der Waals surface area contributed by atoms with Crippen LogP contribution < -0.4 is 9.64 Å². The summed E-state index contributed by atoms with van der Waals surface area (Å²) in [4.78, 5) is 10.7. The Morgan fingerprint density at radius 2 is 2.41 bits per heavy atom. The van der Waals surface area contributed by atoms with Crippen LogP contribution in [0.2, 0.25) is 0 Å². The first-order valence-electron chi connectivity index (χ1n) is 7.09. The summed E-state index contributed by atoms with van der Waals surface area (Å²) in [6, 6.07) is 4.05. The van der Waals surface area contributed by atoms with Crippen molar-refractivity contribution in [3.8, 4) is 11.3 Å². The van der Waals surface area contributed by atoms with Gasteiger partial charge in [0.15, 0.2) is 0 Å². The molecule has 1 aliphatic heterocycles. The van der Waals surface area contributed by atoms with Crippen molar-refractivity contribution in [3.05, 3.63) is 33.9 Å². The molecule has 1 fully saturated rings. The van der Waals surface area contributed by atoms with Gasteiger partial charge >= 0.3 is 0 Å². The van der Waals surface area contributed by atoms with Crippen LogP contribution in [-0.4, -0.2) is 29.7 Å². The fourth-order valence-electron chi connectivity index (χ4n) is 2.63. The largest absolute Gasteiger partial charge is 0.470 e. The van der Waals surface area contributed by atoms with Gasteiger partial charge in [0, 0.05) is 41.3 Å². The molecule has 0 bridgehead atoms. The number of thiazole rings is 1. The number of nitrogens with zero attached hydrogens (tertiary/aromatic N) is 4. The van der Waals surface area contributed by atoms with Gasteiger partial charge in [-0.05, 0) is 34.8 Å². The number of rotatable bonds is 4. The van der Waals surface area contributed by atoms with Gasteiger partial charge in [0.25, 0.3) is 5.19 Å². The first kappa shape index (κ1) is 15.3. The van der Waals surface area contributed by atoms with Gasteiger partial charge in [-0.3, -0.25) is 0 Å². The Bertz CT molecular complexity index is 671. The van der Waals surface area contributed by atoms with Crippen LogP contribution in [0.5, 0.6) is 5.19 Å². The van der Waals surface area contributed by atoms with E-state index < -0.39 is 0 Å². The topological polar surface area (TPSA) is 62.0 Å². The van der Waals surface area contributed by atoms with Gasteiger partial charge in [-0.2, -0.15) is 5.26 Å². The lowest BCUT2D eigenvalue weighted by atomic mass is 9.98. The van der Waals surface area contributed by atoms with E-state index in [0.29, 0.717) is 18.1 Å². The summed E-state index contributed by atoms with van der Waals surface area (Å²) < 4.78 is 6.56. The van der Waals surface area contributed by atoms with E-state index in [1.807, 2.05) is 11.4 Å². The second kappa shape index (κ2) is 7.07. The SMILES string of the molecule is N#Cc1cc(Br)cnc1N1CCCC(COc2nccs2)C1. The number of hydrogen-bond donors (Lipinski definition) is 0. The highest BCUT2D eigenvalue weighted by Crippen LogP contribution is 2.26. The molecule has 1 aliphatic rings. The number of piperidine rings is 1. The van der Waals surface area contributed by atoms with E-state index in [1.54, 1.807) is 12.4 Å². The lowest BCUT2D eigenvalue weighted by Gasteiger charge is -2.33. The number of aromatic nitrogens is 2. The van der Waals surface area contributed by atoms with Gasteiger partial charge in [-0.25, -0.2) is 9.97 Å². The van der Waals surface area contributed by atoms with Gasteiger partial charge in [0.2, 0.25) is 0 Å². The molecule has 0 spiro atoms. The molecule has 7 heteroatoms. The maximum absolute atomic E-state index is 9.30. The van der Waals surface area contributed by atoms with Crippen molar-refractivity contribution < 1.29 is 4.74 Å². The third-order valence-electron chi connectivity index (χ3n) is 3.62. The smallest absolute Gasteiger partial charge is 0.273 e. The molecular weight excluding hydrogens is 364 g/mol. The zero-order valence-corrected chi connectivity index (χ0v) is 14.3. The van der Waals surface area contributed by atoms with Crippen LogP contribution in [0.3, 0.4) is 0 Å². The average molecular weight is 379 g/mol. The fraction of sp³-hybridized carbons (Fsp3) is 0.400. The lowest BCUT2D eigenvalue weighted by molar-refractivity contribution is 0.227. The maximum Gasteiger partial charge on any atom is 0.273 e. The highest BCUT2D eigenvalue weighted by Gasteiger charge is 2.23. The lowest BCUT2D eigenvalue weighted by Crippen LogP contribution is -2.38. The summed E-state index contributed by atoms with van der Waals surface area (Å²) in [6.07, 6.45) is 5.69. The number of halogens is 1. The van der Waals surface area contributed by atoms with Crippen LogP contribution in [0.15, 0.2) is 28.3 Å². The van der Waals surface area contributed by atoms with Gasteiger partial charge in [-0.1, -0.05) is 11.3 Å². The number of nitriles is 1. The summed E-state index contributed by atoms with van der Waals surface area (Å²) >= 11 is 4.87. The van der Waals surface area contributed by atoms with Crippen LogP contribution in [0, 0.1) is 17.2 Å². The van der Waals surface area contributed by atoms with Gasteiger partial charge < -0.3 is 9.64 Å². The molecule has 0 amide bonds. The Balaban J connectivity index is 1.66. The second-order valence-corrected chi connectivity index (χ2v) is 6.97. The molecule has 2 aromatic rings. The zero-order valence-electron chi connectivity index (χ0n) is 11.9. The molecule has 1 saturated heterocycles. The molecule has 0 aromatic carbocycles. The van der Waals surface area contributed by atoms with E-state index in [9.17, 15) is 5.26 Å². The number of hydrogen-bond acceptors (Lipinski definition) is 6. The van der Waals surface area contributed by atoms with E-state index in [1.165, 1.54) is 11.3 Å². The van der Waals surface area contributed by atoms with Crippen LogP contribution in [0.4, 0.5) is 5.82 Å². The number of pyridine rings is 1. The van der Waals surface area contributed by atoms with Crippen molar-refractivity contribution in [2.24, 2.45) is 5.92 Å². The molecule has 0 saturated carbocycles. The summed E-state index contributed by atoms with van der Waals surface area (Å²) in [5.41, 5.74) is 0.607. The van der Waals surface area contributed by atoms with E-state index in [-0.39, 0.29) is 0 Å². The Labute approximate surface area is 141 Å². The minimum Gasteiger partial charge on any atom is -0.470 e. The average Bonchev–Trinajstić information content (AvgIpc) is 3.06. The Morgan fingerprint density at radius 3 is 3.18 bits per heavy atom. The van der Waals surface area contributed by atoms with Crippen LogP contribution in [0.1, 0.15) is 18.4 Å². The predicted octanol–water partition coefficient (Wildman–Crippen LogP) is 3.47. The summed E-state index contributed by atoms with van der Waals surface area (Å²) in [7, 11) is 0. The molecule has 1 atom stereocenters. The summed E-state index contributed by atoms with van der Waals surface area (Å²) in [5, 5.41) is 11.9. The van der Waals surface area contributed by atoms with Gasteiger partial charge in [0.1, 0.15) is 11.9 Å². The van der Waals surface area contributed by atoms with Crippen LogP contribution >= 0.6 is 27.3 Å². The quantitative estimate of drug-likeness (QED) is 0.814. The molecule has 1 unspecified atom stereocenters. The van der Waals surface area contributed by atoms with Crippen molar-refractivity contribution in [1.29, 1.82) is 5.26 Å². The van der Waals surface area contributed by atoms with Crippen LogP contribution in [-0.2, 0) is 0 Å². The fourth-order valence-corrected chi connectivity index (χ4v) is 3.46. The highest BCUT2D eigenvalue weighted by molar-refractivity contribution is 9.10. The van der Waals surface area contributed by atoms with E-state index in [0.717, 1.165) is 41.4 Å². The standard InChI is InChI=1S/C15H15BrN4OS/c16-13-6-12(7-17)14(19-8-13)20-4-1-2-11(9-20)10-21-15-18-3-5-22-15/h3,5-6,8,11H,1-2,4,9-10H2. The Kier molecular flexibility index (Phi) is 4.90. The van der Waals surface area contributed by atoms with Gasteiger partial charge in [0.05, 0.1) is 12.2 Å². The Hall–Kier alpha value is -1.65. The minimum atomic E-state index is 0.426. The second-order valence-electron chi connectivity index (χ2n) is 5.20. The normalized spacial score (nSPS) is 18.0. The molecule has 0 N–H and O–H groups in total. The number of anilines is 1. The van der Waals surface area contributed by atoms with Crippen molar-refractivity contribution in [3.63, 3.8) is 0 Å². The minimum absolute atomic E-state index is 0.426. The van der Waals surface area contributed by atoms with E-state index in [2.05, 4.69) is 36.9 Å². The predicted molar refractivity (Wildman–Crippen MR) is 89.2 cm³/mol. The molecule has 3 rings (SSSR count). The highest BCUT2D eigenvalue weighted by atomic mass is 79.9. The zero-order chi connectivity index (χ0) is 15.4. The first-order valence-corrected chi connectivity index (χ1v) is 8.76. The van der Waals surface area contributed by atoms with Crippen molar-refractivity contribution in [2.75, 3.05) is 24.6 Å². The molecule has 0 radical (unpaired) electrons. The van der Waals surface area contributed by atoms with Gasteiger partial charge in [-0.15, -0.1) is 0 Å².